The van der Waals surface area contributed by atoms with E-state index in [-0.39, 0.29) is 23.8 Å². The molecule has 4 nitrogen and oxygen atoms in total. The highest BCUT2D eigenvalue weighted by Gasteiger charge is 2.31. The number of amides is 1. The Morgan fingerprint density at radius 2 is 2.06 bits per heavy atom. The van der Waals surface area contributed by atoms with Crippen LogP contribution in [0.2, 0.25) is 0 Å². The van der Waals surface area contributed by atoms with Crippen molar-refractivity contribution in [3.8, 4) is 0 Å². The molecule has 0 aliphatic carbocycles. The number of hydrogen-bond acceptors (Lipinski definition) is 3. The van der Waals surface area contributed by atoms with E-state index in [1.54, 1.807) is 4.90 Å². The van der Waals surface area contributed by atoms with E-state index in [0.717, 1.165) is 12.8 Å². The van der Waals surface area contributed by atoms with Gasteiger partial charge in [-0.15, -0.1) is 11.6 Å². The van der Waals surface area contributed by atoms with Gasteiger partial charge in [0.25, 0.3) is 0 Å². The van der Waals surface area contributed by atoms with Gasteiger partial charge in [-0.25, -0.2) is 4.79 Å². The summed E-state index contributed by atoms with van der Waals surface area (Å²) >= 11 is 5.47. The smallest absolute Gasteiger partial charge is 0.410 e. The van der Waals surface area contributed by atoms with Gasteiger partial charge in [0.05, 0.1) is 5.88 Å². The number of carbonyl (C=O) groups excluding carboxylic acids is 2. The SMILES string of the molecule is CC(C)(C)OC(=O)N1CCCC1CCC(=O)CCl. The molecule has 18 heavy (non-hydrogen) atoms. The van der Waals surface area contributed by atoms with Crippen LogP contribution >= 0.6 is 11.6 Å². The summed E-state index contributed by atoms with van der Waals surface area (Å²) in [7, 11) is 0. The standard InChI is InChI=1S/C13H22ClNO3/c1-13(2,3)18-12(17)15-8-4-5-10(15)6-7-11(16)9-14/h10H,4-9H2,1-3H3. The van der Waals surface area contributed by atoms with Crippen molar-refractivity contribution in [2.24, 2.45) is 0 Å². The maximum Gasteiger partial charge on any atom is 0.410 e. The predicted octanol–water partition coefficient (Wildman–Crippen LogP) is 2.97. The average molecular weight is 276 g/mol. The molecule has 1 heterocycles. The first kappa shape index (κ1) is 15.3. The van der Waals surface area contributed by atoms with E-state index in [4.69, 9.17) is 16.3 Å². The van der Waals surface area contributed by atoms with Crippen LogP contribution in [0.1, 0.15) is 46.5 Å². The first-order chi connectivity index (χ1) is 8.33. The van der Waals surface area contributed by atoms with Crippen molar-refractivity contribution in [2.45, 2.75) is 58.1 Å². The lowest BCUT2D eigenvalue weighted by molar-refractivity contribution is -0.117. The summed E-state index contributed by atoms with van der Waals surface area (Å²) in [6.07, 6.45) is 2.76. The number of carbonyl (C=O) groups is 2. The largest absolute Gasteiger partial charge is 0.444 e. The van der Waals surface area contributed by atoms with Gasteiger partial charge in [0.1, 0.15) is 11.4 Å². The third-order valence-corrected chi connectivity index (χ3v) is 3.21. The molecule has 0 N–H and O–H groups in total. The number of likely N-dealkylation sites (tertiary alicyclic amines) is 1. The Morgan fingerprint density at radius 1 is 1.39 bits per heavy atom. The Morgan fingerprint density at radius 3 is 2.61 bits per heavy atom. The van der Waals surface area contributed by atoms with Gasteiger partial charge in [0.2, 0.25) is 0 Å². The fraction of sp³-hybridized carbons (Fsp3) is 0.846. The number of ketones is 1. The van der Waals surface area contributed by atoms with E-state index in [1.807, 2.05) is 20.8 Å². The summed E-state index contributed by atoms with van der Waals surface area (Å²) in [5.74, 6) is 0.0896. The van der Waals surface area contributed by atoms with Gasteiger partial charge < -0.3 is 9.64 Å². The fourth-order valence-electron chi connectivity index (χ4n) is 2.09. The molecule has 0 aromatic rings. The fourth-order valence-corrected chi connectivity index (χ4v) is 2.22. The molecule has 0 aromatic carbocycles. The van der Waals surface area contributed by atoms with Crippen molar-refractivity contribution >= 4 is 23.5 Å². The third kappa shape index (κ3) is 4.84. The molecule has 1 rings (SSSR count). The Hall–Kier alpha value is -0.770. The lowest BCUT2D eigenvalue weighted by Gasteiger charge is -2.28. The van der Waals surface area contributed by atoms with Gasteiger partial charge in [-0.1, -0.05) is 0 Å². The van der Waals surface area contributed by atoms with Crippen LogP contribution in [0.25, 0.3) is 0 Å². The molecule has 0 saturated carbocycles. The zero-order valence-electron chi connectivity index (χ0n) is 11.4. The number of ether oxygens (including phenoxy) is 1. The lowest BCUT2D eigenvalue weighted by Crippen LogP contribution is -2.40. The summed E-state index contributed by atoms with van der Waals surface area (Å²) in [6, 6.07) is 0.118. The molecule has 1 fully saturated rings. The minimum absolute atomic E-state index is 0.0349. The molecular weight excluding hydrogens is 254 g/mol. The Labute approximate surface area is 114 Å². The van der Waals surface area contributed by atoms with E-state index >= 15 is 0 Å². The molecule has 1 aliphatic rings. The normalized spacial score (nSPS) is 20.0. The Kier molecular flexibility index (Phi) is 5.45. The highest BCUT2D eigenvalue weighted by atomic mass is 35.5. The molecule has 1 amide bonds. The van der Waals surface area contributed by atoms with E-state index in [1.165, 1.54) is 0 Å². The molecular formula is C13H22ClNO3. The molecule has 0 spiro atoms. The zero-order valence-corrected chi connectivity index (χ0v) is 12.1. The Bertz CT molecular complexity index is 312. The van der Waals surface area contributed by atoms with Crippen LogP contribution in [0.15, 0.2) is 0 Å². The maximum atomic E-state index is 12.0. The van der Waals surface area contributed by atoms with Gasteiger partial charge in [-0.3, -0.25) is 4.79 Å². The molecule has 1 saturated heterocycles. The number of hydrogen-bond donors (Lipinski definition) is 0. The number of nitrogens with zero attached hydrogens (tertiary/aromatic N) is 1. The second-order valence-corrected chi connectivity index (χ2v) is 5.95. The van der Waals surface area contributed by atoms with Crippen LogP contribution in [-0.2, 0) is 9.53 Å². The van der Waals surface area contributed by atoms with E-state index in [0.29, 0.717) is 19.4 Å². The van der Waals surface area contributed by atoms with Crippen molar-refractivity contribution in [1.82, 2.24) is 4.90 Å². The monoisotopic (exact) mass is 275 g/mol. The minimum Gasteiger partial charge on any atom is -0.444 e. The molecule has 5 heteroatoms. The molecule has 1 unspecified atom stereocenters. The van der Waals surface area contributed by atoms with Crippen molar-refractivity contribution in [2.75, 3.05) is 12.4 Å². The third-order valence-electron chi connectivity index (χ3n) is 2.91. The summed E-state index contributed by atoms with van der Waals surface area (Å²) in [6.45, 7) is 6.28. The molecule has 1 atom stereocenters. The van der Waals surface area contributed by atoms with Crippen molar-refractivity contribution < 1.29 is 14.3 Å². The zero-order chi connectivity index (χ0) is 13.8. The molecule has 0 aromatic heterocycles. The molecule has 0 radical (unpaired) electrons. The second-order valence-electron chi connectivity index (χ2n) is 5.68. The number of halogens is 1. The summed E-state index contributed by atoms with van der Waals surface area (Å²) in [5, 5.41) is 0. The molecule has 1 aliphatic heterocycles. The van der Waals surface area contributed by atoms with Crippen LogP contribution < -0.4 is 0 Å². The lowest BCUT2D eigenvalue weighted by atomic mass is 10.1. The maximum absolute atomic E-state index is 12.0. The Balaban J connectivity index is 2.49. The first-order valence-electron chi connectivity index (χ1n) is 6.41. The minimum atomic E-state index is -0.476. The van der Waals surface area contributed by atoms with Crippen LogP contribution in [0.3, 0.4) is 0 Å². The van der Waals surface area contributed by atoms with Crippen molar-refractivity contribution in [1.29, 1.82) is 0 Å². The van der Waals surface area contributed by atoms with E-state index in [9.17, 15) is 9.59 Å². The number of Topliss-reactive ketones (excluding diaryl/α,β-unsaturated/α-hetero) is 1. The van der Waals surface area contributed by atoms with Crippen molar-refractivity contribution in [3.05, 3.63) is 0 Å². The topological polar surface area (TPSA) is 46.6 Å². The van der Waals surface area contributed by atoms with Gasteiger partial charge in [0.15, 0.2) is 0 Å². The highest BCUT2D eigenvalue weighted by Crippen LogP contribution is 2.24. The highest BCUT2D eigenvalue weighted by molar-refractivity contribution is 6.27. The first-order valence-corrected chi connectivity index (χ1v) is 6.94. The quantitative estimate of drug-likeness (QED) is 0.741. The van der Waals surface area contributed by atoms with Crippen LogP contribution in [0, 0.1) is 0 Å². The van der Waals surface area contributed by atoms with E-state index in [2.05, 4.69) is 0 Å². The molecule has 0 bridgehead atoms. The average Bonchev–Trinajstić information content (AvgIpc) is 2.71. The summed E-state index contributed by atoms with van der Waals surface area (Å²) in [5.41, 5.74) is -0.476. The predicted molar refractivity (Wildman–Crippen MR) is 70.9 cm³/mol. The van der Waals surface area contributed by atoms with Gasteiger partial charge in [-0.2, -0.15) is 0 Å². The van der Waals surface area contributed by atoms with Crippen LogP contribution in [0.5, 0.6) is 0 Å². The van der Waals surface area contributed by atoms with Gasteiger partial charge in [-0.05, 0) is 40.0 Å². The van der Waals surface area contributed by atoms with Gasteiger partial charge >= 0.3 is 6.09 Å². The van der Waals surface area contributed by atoms with Gasteiger partial charge in [0, 0.05) is 19.0 Å². The van der Waals surface area contributed by atoms with Crippen molar-refractivity contribution in [3.63, 3.8) is 0 Å². The van der Waals surface area contributed by atoms with E-state index < -0.39 is 5.60 Å². The van der Waals surface area contributed by atoms with Crippen LogP contribution in [0.4, 0.5) is 4.79 Å². The summed E-state index contributed by atoms with van der Waals surface area (Å²) < 4.78 is 5.36. The second kappa shape index (κ2) is 6.41. The van der Waals surface area contributed by atoms with Crippen LogP contribution in [-0.4, -0.2) is 40.8 Å². The molecule has 104 valence electrons. The number of alkyl halides is 1. The summed E-state index contributed by atoms with van der Waals surface area (Å²) in [4.78, 5) is 24.9. The number of rotatable bonds is 4.